The molecule has 0 spiro atoms. The molecule has 0 saturated heterocycles. The number of amides is 1. The number of nitrogens with one attached hydrogen (secondary N) is 1. The van der Waals surface area contributed by atoms with Crippen molar-refractivity contribution in [3.63, 3.8) is 0 Å². The summed E-state index contributed by atoms with van der Waals surface area (Å²) in [5.41, 5.74) is 3.94. The molecule has 0 aliphatic heterocycles. The lowest BCUT2D eigenvalue weighted by atomic mass is 10.0. The molecule has 122 valence electrons. The van der Waals surface area contributed by atoms with Gasteiger partial charge in [0.2, 0.25) is 11.9 Å². The van der Waals surface area contributed by atoms with Gasteiger partial charge in [-0.25, -0.2) is 0 Å². The monoisotopic (exact) mass is 328 g/mol. The van der Waals surface area contributed by atoms with Crippen molar-refractivity contribution in [2.45, 2.75) is 6.42 Å². The molecule has 2 heterocycles. The quantitative estimate of drug-likeness (QED) is 0.623. The fourth-order valence-corrected chi connectivity index (χ4v) is 2.73. The van der Waals surface area contributed by atoms with E-state index in [2.05, 4.69) is 27.6 Å². The summed E-state index contributed by atoms with van der Waals surface area (Å²) in [5.74, 6) is 0.312. The molecule has 25 heavy (non-hydrogen) atoms. The van der Waals surface area contributed by atoms with Crippen molar-refractivity contribution in [2.75, 3.05) is 5.32 Å². The van der Waals surface area contributed by atoms with E-state index in [4.69, 9.17) is 0 Å². The first-order valence-corrected chi connectivity index (χ1v) is 8.03. The first-order valence-electron chi connectivity index (χ1n) is 8.03. The second-order valence-corrected chi connectivity index (χ2v) is 5.74. The Kier molecular flexibility index (Phi) is 3.96. The summed E-state index contributed by atoms with van der Waals surface area (Å²) in [4.78, 5) is 12.3. The Hall–Kier alpha value is -3.47. The van der Waals surface area contributed by atoms with Gasteiger partial charge >= 0.3 is 0 Å². The second kappa shape index (κ2) is 6.57. The maximum Gasteiger partial charge on any atom is 0.235 e. The molecule has 0 aliphatic carbocycles. The van der Waals surface area contributed by atoms with Crippen LogP contribution in [0.15, 0.2) is 79.0 Å². The molecule has 2 aromatic heterocycles. The average Bonchev–Trinajstić information content (AvgIpc) is 3.06. The number of hydrogen-bond donors (Lipinski definition) is 1. The fraction of sp³-hybridized carbons (Fsp3) is 0.0500. The number of carbonyl (C=O) groups excluding carboxylic acids is 1. The molecule has 0 unspecified atom stereocenters. The molecular weight excluding hydrogens is 312 g/mol. The van der Waals surface area contributed by atoms with Crippen molar-refractivity contribution in [2.24, 2.45) is 0 Å². The van der Waals surface area contributed by atoms with E-state index < -0.39 is 0 Å². The van der Waals surface area contributed by atoms with E-state index in [1.807, 2.05) is 66.9 Å². The van der Waals surface area contributed by atoms with E-state index in [1.165, 1.54) is 0 Å². The van der Waals surface area contributed by atoms with Crippen molar-refractivity contribution >= 4 is 17.5 Å². The normalized spacial score (nSPS) is 10.7. The van der Waals surface area contributed by atoms with Crippen LogP contribution in [0.25, 0.3) is 16.8 Å². The van der Waals surface area contributed by atoms with Crippen LogP contribution in [-0.2, 0) is 11.2 Å². The minimum Gasteiger partial charge on any atom is -0.294 e. The molecule has 1 N–H and O–H groups in total. The Morgan fingerprint density at radius 2 is 1.56 bits per heavy atom. The zero-order chi connectivity index (χ0) is 17.1. The van der Waals surface area contributed by atoms with Crippen molar-refractivity contribution in [3.8, 4) is 11.1 Å². The van der Waals surface area contributed by atoms with Gasteiger partial charge in [0.1, 0.15) is 0 Å². The summed E-state index contributed by atoms with van der Waals surface area (Å²) in [6, 6.07) is 23.8. The Morgan fingerprint density at radius 3 is 2.36 bits per heavy atom. The SMILES string of the molecule is O=C(Cc1ccc(-c2ccccc2)cc1)Nc1nnc2ccccn12. The lowest BCUT2D eigenvalue weighted by Crippen LogP contribution is -2.16. The Labute approximate surface area is 145 Å². The molecule has 0 radical (unpaired) electrons. The lowest BCUT2D eigenvalue weighted by Gasteiger charge is -2.05. The van der Waals surface area contributed by atoms with E-state index in [9.17, 15) is 4.79 Å². The van der Waals surface area contributed by atoms with Crippen LogP contribution < -0.4 is 5.32 Å². The lowest BCUT2D eigenvalue weighted by molar-refractivity contribution is -0.115. The highest BCUT2D eigenvalue weighted by Crippen LogP contribution is 2.19. The highest BCUT2D eigenvalue weighted by atomic mass is 16.1. The number of fused-ring (bicyclic) bond motifs is 1. The molecular formula is C20H16N4O. The zero-order valence-corrected chi connectivity index (χ0v) is 13.5. The Bertz CT molecular complexity index is 1010. The van der Waals surface area contributed by atoms with Crippen molar-refractivity contribution in [1.29, 1.82) is 0 Å². The van der Waals surface area contributed by atoms with Gasteiger partial charge in [-0.05, 0) is 28.8 Å². The number of nitrogens with zero attached hydrogens (tertiary/aromatic N) is 3. The third kappa shape index (κ3) is 3.26. The highest BCUT2D eigenvalue weighted by molar-refractivity contribution is 5.91. The molecule has 0 bridgehead atoms. The first kappa shape index (κ1) is 15.1. The van der Waals surface area contributed by atoms with Crippen LogP contribution in [0.4, 0.5) is 5.95 Å². The van der Waals surface area contributed by atoms with Gasteiger partial charge in [0.25, 0.3) is 0 Å². The first-order chi connectivity index (χ1) is 12.3. The van der Waals surface area contributed by atoms with Crippen molar-refractivity contribution in [1.82, 2.24) is 14.6 Å². The van der Waals surface area contributed by atoms with Crippen LogP contribution in [0.1, 0.15) is 5.56 Å². The molecule has 0 atom stereocenters. The smallest absolute Gasteiger partial charge is 0.235 e. The van der Waals surface area contributed by atoms with Crippen LogP contribution in [0.5, 0.6) is 0 Å². The zero-order valence-electron chi connectivity index (χ0n) is 13.5. The van der Waals surface area contributed by atoms with Gasteiger partial charge in [-0.15, -0.1) is 10.2 Å². The van der Waals surface area contributed by atoms with E-state index in [0.29, 0.717) is 11.6 Å². The highest BCUT2D eigenvalue weighted by Gasteiger charge is 2.09. The molecule has 0 aliphatic rings. The molecule has 4 aromatic rings. The predicted octanol–water partition coefficient (Wildman–Crippen LogP) is 3.58. The molecule has 2 aromatic carbocycles. The third-order valence-corrected chi connectivity index (χ3v) is 3.99. The van der Waals surface area contributed by atoms with E-state index >= 15 is 0 Å². The van der Waals surface area contributed by atoms with E-state index in [-0.39, 0.29) is 12.3 Å². The van der Waals surface area contributed by atoms with Crippen molar-refractivity contribution in [3.05, 3.63) is 84.6 Å². The Morgan fingerprint density at radius 1 is 0.840 bits per heavy atom. The summed E-state index contributed by atoms with van der Waals surface area (Å²) in [6.07, 6.45) is 2.11. The van der Waals surface area contributed by atoms with E-state index in [1.54, 1.807) is 4.40 Å². The van der Waals surface area contributed by atoms with Crippen LogP contribution >= 0.6 is 0 Å². The molecule has 5 nitrogen and oxygen atoms in total. The summed E-state index contributed by atoms with van der Waals surface area (Å²) in [5, 5.41) is 10.8. The largest absolute Gasteiger partial charge is 0.294 e. The number of rotatable bonds is 4. The van der Waals surface area contributed by atoms with Gasteiger partial charge in [-0.3, -0.25) is 14.5 Å². The molecule has 4 rings (SSSR count). The van der Waals surface area contributed by atoms with Gasteiger partial charge in [0, 0.05) is 6.20 Å². The van der Waals surface area contributed by atoms with Crippen molar-refractivity contribution < 1.29 is 4.79 Å². The Balaban J connectivity index is 1.46. The minimum atomic E-state index is -0.120. The summed E-state index contributed by atoms with van der Waals surface area (Å²) in [6.45, 7) is 0. The van der Waals surface area contributed by atoms with Gasteiger partial charge in [-0.2, -0.15) is 0 Å². The van der Waals surface area contributed by atoms with Crippen LogP contribution in [0, 0.1) is 0 Å². The fourth-order valence-electron chi connectivity index (χ4n) is 2.73. The van der Waals surface area contributed by atoms with Gasteiger partial charge in [0.15, 0.2) is 5.65 Å². The standard InChI is InChI=1S/C20H16N4O/c25-19(21-20-23-22-18-8-4-5-13-24(18)20)14-15-9-11-17(12-10-15)16-6-2-1-3-7-16/h1-13H,14H2,(H,21,23,25). The summed E-state index contributed by atoms with van der Waals surface area (Å²) < 4.78 is 1.75. The number of benzene rings is 2. The summed E-state index contributed by atoms with van der Waals surface area (Å²) in [7, 11) is 0. The van der Waals surface area contributed by atoms with Gasteiger partial charge < -0.3 is 0 Å². The van der Waals surface area contributed by atoms with Crippen LogP contribution in [-0.4, -0.2) is 20.5 Å². The average molecular weight is 328 g/mol. The molecule has 1 amide bonds. The van der Waals surface area contributed by atoms with Crippen LogP contribution in [0.3, 0.4) is 0 Å². The number of pyridine rings is 1. The van der Waals surface area contributed by atoms with Crippen LogP contribution in [0.2, 0.25) is 0 Å². The topological polar surface area (TPSA) is 59.3 Å². The number of aromatic nitrogens is 3. The molecule has 5 heteroatoms. The number of anilines is 1. The minimum absolute atomic E-state index is 0.120. The number of hydrogen-bond acceptors (Lipinski definition) is 3. The third-order valence-electron chi connectivity index (χ3n) is 3.99. The predicted molar refractivity (Wildman–Crippen MR) is 97.2 cm³/mol. The maximum absolute atomic E-state index is 12.3. The maximum atomic E-state index is 12.3. The van der Waals surface area contributed by atoms with E-state index in [0.717, 1.165) is 16.7 Å². The summed E-state index contributed by atoms with van der Waals surface area (Å²) >= 11 is 0. The molecule has 0 saturated carbocycles. The second-order valence-electron chi connectivity index (χ2n) is 5.74. The molecule has 0 fully saturated rings. The number of carbonyl (C=O) groups is 1. The van der Waals surface area contributed by atoms with Gasteiger partial charge in [-0.1, -0.05) is 60.7 Å². The van der Waals surface area contributed by atoms with Gasteiger partial charge in [0.05, 0.1) is 6.42 Å².